The number of benzene rings is 1. The summed E-state index contributed by atoms with van der Waals surface area (Å²) in [5.74, 6) is -1.72. The maximum Gasteiger partial charge on any atom is 0.449 e. The highest BCUT2D eigenvalue weighted by atomic mass is 19.4. The van der Waals surface area contributed by atoms with Crippen molar-refractivity contribution in [3.05, 3.63) is 48.4 Å². The topological polar surface area (TPSA) is 106 Å². The third kappa shape index (κ3) is 4.51. The molecular weight excluding hydrogens is 425 g/mol. The van der Waals surface area contributed by atoms with Gasteiger partial charge in [-0.1, -0.05) is 12.1 Å². The number of rotatable bonds is 5. The number of primary amides is 1. The minimum Gasteiger partial charge on any atom is -0.369 e. The van der Waals surface area contributed by atoms with E-state index >= 15 is 0 Å². The molecule has 1 fully saturated rings. The second-order valence-electron chi connectivity index (χ2n) is 7.65. The summed E-state index contributed by atoms with van der Waals surface area (Å²) in [5, 5.41) is 2.57. The normalized spacial score (nSPS) is 16.8. The van der Waals surface area contributed by atoms with Crippen LogP contribution in [-0.2, 0) is 22.3 Å². The Morgan fingerprint density at radius 1 is 1.19 bits per heavy atom. The molecule has 168 valence electrons. The van der Waals surface area contributed by atoms with Gasteiger partial charge < -0.3 is 20.5 Å². The number of aromatic nitrogens is 3. The molecule has 1 aliphatic heterocycles. The lowest BCUT2D eigenvalue weighted by Crippen LogP contribution is -2.41. The van der Waals surface area contributed by atoms with E-state index in [1.807, 2.05) is 4.90 Å². The van der Waals surface area contributed by atoms with Crippen molar-refractivity contribution in [1.29, 1.82) is 0 Å². The highest BCUT2D eigenvalue weighted by molar-refractivity contribution is 5.91. The number of alkyl halides is 3. The number of nitrogens with one attached hydrogen (secondary N) is 1. The number of hydrogen-bond donors (Lipinski definition) is 2. The van der Waals surface area contributed by atoms with Gasteiger partial charge in [0, 0.05) is 13.1 Å². The number of nitrogens with two attached hydrogens (primary N) is 1. The Balaban J connectivity index is 1.47. The fourth-order valence-corrected chi connectivity index (χ4v) is 3.86. The smallest absolute Gasteiger partial charge is 0.369 e. The average Bonchev–Trinajstić information content (AvgIpc) is 3.13. The summed E-state index contributed by atoms with van der Waals surface area (Å²) in [6.07, 6.45) is -1.71. The third-order valence-electron chi connectivity index (χ3n) is 5.39. The molecule has 0 saturated carbocycles. The van der Waals surface area contributed by atoms with E-state index in [0.717, 1.165) is 24.0 Å². The first-order chi connectivity index (χ1) is 15.2. The molecule has 2 amide bonds. The number of piperidine rings is 1. The fourth-order valence-electron chi connectivity index (χ4n) is 3.86. The number of para-hydroxylation sites is 2. The second kappa shape index (κ2) is 8.48. The second-order valence-corrected chi connectivity index (χ2v) is 7.65. The molecule has 1 saturated heterocycles. The summed E-state index contributed by atoms with van der Waals surface area (Å²) >= 11 is 0. The van der Waals surface area contributed by atoms with Gasteiger partial charge >= 0.3 is 6.18 Å². The number of imidazole rings is 1. The van der Waals surface area contributed by atoms with Crippen LogP contribution in [-0.4, -0.2) is 39.4 Å². The Morgan fingerprint density at radius 2 is 1.97 bits per heavy atom. The van der Waals surface area contributed by atoms with Gasteiger partial charge in [-0.05, 0) is 37.1 Å². The Bertz CT molecular complexity index is 1140. The predicted octanol–water partition coefficient (Wildman–Crippen LogP) is 2.79. The van der Waals surface area contributed by atoms with E-state index in [1.165, 1.54) is 18.3 Å². The van der Waals surface area contributed by atoms with Gasteiger partial charge in [-0.2, -0.15) is 13.2 Å². The SMILES string of the molecule is NC(=O)C1CCCN(c2ccc(NC(=O)Cn3c(C(F)(F)F)nc4ccccc43)cn2)C1. The zero-order chi connectivity index (χ0) is 22.9. The van der Waals surface area contributed by atoms with E-state index in [1.54, 1.807) is 24.3 Å². The number of anilines is 2. The van der Waals surface area contributed by atoms with Crippen molar-refractivity contribution in [2.45, 2.75) is 25.6 Å². The van der Waals surface area contributed by atoms with E-state index < -0.39 is 24.5 Å². The van der Waals surface area contributed by atoms with Gasteiger partial charge in [0.25, 0.3) is 0 Å². The monoisotopic (exact) mass is 446 g/mol. The zero-order valence-corrected chi connectivity index (χ0v) is 17.0. The highest BCUT2D eigenvalue weighted by Gasteiger charge is 2.38. The largest absolute Gasteiger partial charge is 0.449 e. The molecule has 3 heterocycles. The summed E-state index contributed by atoms with van der Waals surface area (Å²) in [6, 6.07) is 9.42. The lowest BCUT2D eigenvalue weighted by Gasteiger charge is -2.32. The number of nitrogens with zero attached hydrogens (tertiary/aromatic N) is 4. The van der Waals surface area contributed by atoms with Gasteiger partial charge in [0.1, 0.15) is 12.4 Å². The number of carbonyl (C=O) groups is 2. The molecule has 1 atom stereocenters. The number of hydrogen-bond acceptors (Lipinski definition) is 5. The standard InChI is InChI=1S/C21H21F3N6O2/c22-21(23,24)20-28-15-5-1-2-6-16(15)30(20)12-18(31)27-14-7-8-17(26-10-14)29-9-3-4-13(11-29)19(25)32/h1-2,5-8,10,13H,3-4,9,11-12H2,(H2,25,32)(H,27,31). The number of amides is 2. The molecule has 11 heteroatoms. The van der Waals surface area contributed by atoms with E-state index in [0.29, 0.717) is 18.1 Å². The molecule has 3 N–H and O–H groups in total. The van der Waals surface area contributed by atoms with Crippen molar-refractivity contribution in [2.75, 3.05) is 23.3 Å². The number of pyridine rings is 1. The minimum atomic E-state index is -4.69. The van der Waals surface area contributed by atoms with Gasteiger partial charge in [-0.3, -0.25) is 9.59 Å². The van der Waals surface area contributed by atoms with Crippen LogP contribution in [0.3, 0.4) is 0 Å². The fraction of sp³-hybridized carbons (Fsp3) is 0.333. The maximum atomic E-state index is 13.4. The lowest BCUT2D eigenvalue weighted by molar-refractivity contribution is -0.147. The Kier molecular flexibility index (Phi) is 5.72. The van der Waals surface area contributed by atoms with Crippen molar-refractivity contribution in [3.63, 3.8) is 0 Å². The molecular formula is C21H21F3N6O2. The van der Waals surface area contributed by atoms with Gasteiger partial charge in [0.2, 0.25) is 17.6 Å². The summed E-state index contributed by atoms with van der Waals surface area (Å²) in [4.78, 5) is 33.8. The summed E-state index contributed by atoms with van der Waals surface area (Å²) in [7, 11) is 0. The molecule has 0 spiro atoms. The molecule has 8 nitrogen and oxygen atoms in total. The Morgan fingerprint density at radius 3 is 2.66 bits per heavy atom. The van der Waals surface area contributed by atoms with Crippen LogP contribution in [0, 0.1) is 5.92 Å². The molecule has 1 unspecified atom stereocenters. The van der Waals surface area contributed by atoms with Gasteiger partial charge in [-0.15, -0.1) is 0 Å². The van der Waals surface area contributed by atoms with Crippen LogP contribution in [0.15, 0.2) is 42.6 Å². The first-order valence-electron chi connectivity index (χ1n) is 10.0. The van der Waals surface area contributed by atoms with Crippen LogP contribution >= 0.6 is 0 Å². The van der Waals surface area contributed by atoms with Crippen molar-refractivity contribution < 1.29 is 22.8 Å². The van der Waals surface area contributed by atoms with Crippen LogP contribution in [0.4, 0.5) is 24.7 Å². The molecule has 32 heavy (non-hydrogen) atoms. The van der Waals surface area contributed by atoms with E-state index in [9.17, 15) is 22.8 Å². The van der Waals surface area contributed by atoms with Crippen LogP contribution in [0.25, 0.3) is 11.0 Å². The quantitative estimate of drug-likeness (QED) is 0.627. The van der Waals surface area contributed by atoms with Gasteiger partial charge in [0.05, 0.1) is 28.8 Å². The van der Waals surface area contributed by atoms with Crippen LogP contribution in [0.5, 0.6) is 0 Å². The predicted molar refractivity (Wildman–Crippen MR) is 112 cm³/mol. The molecule has 0 radical (unpaired) electrons. The van der Waals surface area contributed by atoms with Crippen LogP contribution < -0.4 is 16.0 Å². The zero-order valence-electron chi connectivity index (χ0n) is 17.0. The summed E-state index contributed by atoms with van der Waals surface area (Å²) in [6.45, 7) is 0.655. The van der Waals surface area contributed by atoms with Crippen molar-refractivity contribution in [1.82, 2.24) is 14.5 Å². The molecule has 0 bridgehead atoms. The first kappa shape index (κ1) is 21.6. The van der Waals surface area contributed by atoms with Crippen molar-refractivity contribution in [2.24, 2.45) is 11.7 Å². The Hall–Kier alpha value is -3.63. The molecule has 2 aromatic heterocycles. The molecule has 4 rings (SSSR count). The summed E-state index contributed by atoms with van der Waals surface area (Å²) < 4.78 is 41.1. The van der Waals surface area contributed by atoms with E-state index in [4.69, 9.17) is 5.73 Å². The number of carbonyl (C=O) groups excluding carboxylic acids is 2. The molecule has 1 aliphatic rings. The minimum absolute atomic E-state index is 0.162. The molecule has 1 aromatic carbocycles. The first-order valence-corrected chi connectivity index (χ1v) is 10.0. The number of fused-ring (bicyclic) bond motifs is 1. The van der Waals surface area contributed by atoms with Gasteiger partial charge in [0.15, 0.2) is 0 Å². The Labute approximate surface area is 181 Å². The van der Waals surface area contributed by atoms with Crippen LogP contribution in [0.2, 0.25) is 0 Å². The van der Waals surface area contributed by atoms with Crippen LogP contribution in [0.1, 0.15) is 18.7 Å². The van der Waals surface area contributed by atoms with E-state index in [-0.39, 0.29) is 22.9 Å². The van der Waals surface area contributed by atoms with Gasteiger partial charge in [-0.25, -0.2) is 9.97 Å². The lowest BCUT2D eigenvalue weighted by atomic mass is 9.97. The highest BCUT2D eigenvalue weighted by Crippen LogP contribution is 2.31. The summed E-state index contributed by atoms with van der Waals surface area (Å²) in [5.41, 5.74) is 6.13. The average molecular weight is 446 g/mol. The van der Waals surface area contributed by atoms with Crippen molar-refractivity contribution in [3.8, 4) is 0 Å². The van der Waals surface area contributed by atoms with E-state index in [2.05, 4.69) is 15.3 Å². The molecule has 3 aromatic rings. The van der Waals surface area contributed by atoms with Crippen molar-refractivity contribution >= 4 is 34.4 Å². The third-order valence-corrected chi connectivity index (χ3v) is 5.39. The maximum absolute atomic E-state index is 13.4. The molecule has 0 aliphatic carbocycles. The number of halogens is 3.